The van der Waals surface area contributed by atoms with Crippen molar-refractivity contribution in [3.05, 3.63) is 35.4 Å². The summed E-state index contributed by atoms with van der Waals surface area (Å²) in [5, 5.41) is 1.11. The van der Waals surface area contributed by atoms with Gasteiger partial charge < -0.3 is 19.4 Å². The highest BCUT2D eigenvalue weighted by molar-refractivity contribution is 5.85. The molecule has 152 valence electrons. The summed E-state index contributed by atoms with van der Waals surface area (Å²) < 4.78 is 5.67. The molecule has 0 spiro atoms. The van der Waals surface area contributed by atoms with Crippen molar-refractivity contribution in [1.29, 1.82) is 0 Å². The van der Waals surface area contributed by atoms with E-state index in [0.29, 0.717) is 19.7 Å². The van der Waals surface area contributed by atoms with Gasteiger partial charge in [0.25, 0.3) is 5.91 Å². The molecule has 0 bridgehead atoms. The third kappa shape index (κ3) is 4.62. The van der Waals surface area contributed by atoms with Crippen molar-refractivity contribution in [2.45, 2.75) is 32.4 Å². The maximum absolute atomic E-state index is 13.1. The summed E-state index contributed by atoms with van der Waals surface area (Å²) >= 11 is 0. The third-order valence-corrected chi connectivity index (χ3v) is 5.22. The number of rotatable bonds is 7. The molecule has 1 saturated heterocycles. The Labute approximate surface area is 168 Å². The number of likely N-dealkylation sites (N-methyl/N-ethyl adjacent to an activating group) is 1. The number of nitrogens with zero attached hydrogens (tertiary/aromatic N) is 4. The number of benzene rings is 1. The minimum atomic E-state index is -0.305. The van der Waals surface area contributed by atoms with Crippen LogP contribution in [0.5, 0.6) is 0 Å². The molecule has 1 amide bonds. The Balaban J connectivity index is 1.94. The van der Waals surface area contributed by atoms with Gasteiger partial charge in [-0.25, -0.2) is 4.98 Å². The first-order chi connectivity index (χ1) is 13.4. The molecule has 6 heteroatoms. The number of para-hydroxylation sites is 1. The number of carbonyl (C=O) groups excluding carboxylic acids is 1. The summed E-state index contributed by atoms with van der Waals surface area (Å²) in [6.45, 7) is 4.79. The van der Waals surface area contributed by atoms with E-state index < -0.39 is 0 Å². The molecule has 0 aliphatic carbocycles. The third-order valence-electron chi connectivity index (χ3n) is 5.22. The van der Waals surface area contributed by atoms with E-state index in [1.807, 2.05) is 38.0 Å². The second-order valence-electron chi connectivity index (χ2n) is 8.08. The van der Waals surface area contributed by atoms with Crippen molar-refractivity contribution < 1.29 is 9.53 Å². The SMILES string of the molecule is Cc1cccc2cc(CN(CCN(C)C)C(=O)C3CCCO3)c(N(C)C)nc12. The fourth-order valence-corrected chi connectivity index (χ4v) is 3.65. The number of aromatic nitrogens is 1. The van der Waals surface area contributed by atoms with Crippen LogP contribution in [-0.2, 0) is 16.1 Å². The molecule has 2 heterocycles. The number of pyridine rings is 1. The number of aryl methyl sites for hydroxylation is 1. The molecule has 1 fully saturated rings. The van der Waals surface area contributed by atoms with E-state index in [1.54, 1.807) is 0 Å². The number of amides is 1. The number of hydrogen-bond donors (Lipinski definition) is 0. The van der Waals surface area contributed by atoms with Crippen LogP contribution >= 0.6 is 0 Å². The van der Waals surface area contributed by atoms with Crippen molar-refractivity contribution in [3.8, 4) is 0 Å². The zero-order valence-corrected chi connectivity index (χ0v) is 17.7. The average molecular weight is 385 g/mol. The summed E-state index contributed by atoms with van der Waals surface area (Å²) in [6.07, 6.45) is 1.46. The smallest absolute Gasteiger partial charge is 0.252 e. The van der Waals surface area contributed by atoms with E-state index >= 15 is 0 Å². The number of fused-ring (bicyclic) bond motifs is 1. The van der Waals surface area contributed by atoms with Gasteiger partial charge in [0.05, 0.1) is 5.52 Å². The number of anilines is 1. The van der Waals surface area contributed by atoms with Gasteiger partial charge >= 0.3 is 0 Å². The van der Waals surface area contributed by atoms with Gasteiger partial charge in [-0.05, 0) is 45.5 Å². The minimum Gasteiger partial charge on any atom is -0.368 e. The molecule has 2 aromatic rings. The molecule has 1 aromatic carbocycles. The minimum absolute atomic E-state index is 0.0911. The molecule has 1 atom stereocenters. The molecule has 1 unspecified atom stereocenters. The van der Waals surface area contributed by atoms with Gasteiger partial charge in [0.2, 0.25) is 0 Å². The normalized spacial score (nSPS) is 16.7. The molecule has 0 N–H and O–H groups in total. The maximum Gasteiger partial charge on any atom is 0.252 e. The second kappa shape index (κ2) is 8.88. The lowest BCUT2D eigenvalue weighted by molar-refractivity contribution is -0.141. The van der Waals surface area contributed by atoms with Crippen LogP contribution in [0.4, 0.5) is 5.82 Å². The summed E-state index contributed by atoms with van der Waals surface area (Å²) in [6, 6.07) is 8.40. The van der Waals surface area contributed by atoms with Crippen LogP contribution in [-0.4, -0.2) is 74.7 Å². The van der Waals surface area contributed by atoms with Crippen LogP contribution in [0.15, 0.2) is 24.3 Å². The largest absolute Gasteiger partial charge is 0.368 e. The van der Waals surface area contributed by atoms with Crippen LogP contribution in [0, 0.1) is 6.92 Å². The molecule has 3 rings (SSSR count). The lowest BCUT2D eigenvalue weighted by Gasteiger charge is -2.28. The topological polar surface area (TPSA) is 48.9 Å². The molecule has 1 aliphatic heterocycles. The Morgan fingerprint density at radius 2 is 2.00 bits per heavy atom. The molecular weight excluding hydrogens is 352 g/mol. The fourth-order valence-electron chi connectivity index (χ4n) is 3.65. The van der Waals surface area contributed by atoms with Gasteiger partial charge in [0.15, 0.2) is 0 Å². The molecule has 0 radical (unpaired) electrons. The zero-order valence-electron chi connectivity index (χ0n) is 17.7. The quantitative estimate of drug-likeness (QED) is 0.735. The van der Waals surface area contributed by atoms with E-state index in [2.05, 4.69) is 36.1 Å². The number of hydrogen-bond acceptors (Lipinski definition) is 5. The Kier molecular flexibility index (Phi) is 6.52. The summed E-state index contributed by atoms with van der Waals surface area (Å²) in [5.41, 5.74) is 3.24. The van der Waals surface area contributed by atoms with Gasteiger partial charge in [-0.2, -0.15) is 0 Å². The molecular formula is C22H32N4O2. The molecule has 0 saturated carbocycles. The van der Waals surface area contributed by atoms with Crippen LogP contribution < -0.4 is 4.90 Å². The van der Waals surface area contributed by atoms with Crippen molar-refractivity contribution in [2.75, 3.05) is 52.8 Å². The van der Waals surface area contributed by atoms with Crippen LogP contribution in [0.3, 0.4) is 0 Å². The van der Waals surface area contributed by atoms with E-state index in [0.717, 1.165) is 47.2 Å². The van der Waals surface area contributed by atoms with Gasteiger partial charge in [-0.1, -0.05) is 18.2 Å². The van der Waals surface area contributed by atoms with E-state index in [1.165, 1.54) is 0 Å². The van der Waals surface area contributed by atoms with Crippen LogP contribution in [0.2, 0.25) is 0 Å². The lowest BCUT2D eigenvalue weighted by atomic mass is 10.1. The fraction of sp³-hybridized carbons (Fsp3) is 0.545. The first-order valence-electron chi connectivity index (χ1n) is 9.98. The summed E-state index contributed by atoms with van der Waals surface area (Å²) in [5.74, 6) is 1.00. The Morgan fingerprint density at radius 1 is 1.21 bits per heavy atom. The van der Waals surface area contributed by atoms with E-state index in [9.17, 15) is 4.79 Å². The monoisotopic (exact) mass is 384 g/mol. The summed E-state index contributed by atoms with van der Waals surface area (Å²) in [7, 11) is 8.06. The van der Waals surface area contributed by atoms with Crippen molar-refractivity contribution in [1.82, 2.24) is 14.8 Å². The molecule has 28 heavy (non-hydrogen) atoms. The van der Waals surface area contributed by atoms with Gasteiger partial charge in [-0.15, -0.1) is 0 Å². The van der Waals surface area contributed by atoms with E-state index in [-0.39, 0.29) is 12.0 Å². The van der Waals surface area contributed by atoms with E-state index in [4.69, 9.17) is 9.72 Å². The molecule has 6 nitrogen and oxygen atoms in total. The predicted octanol–water partition coefficient (Wildman–Crippen LogP) is 2.68. The molecule has 1 aliphatic rings. The Bertz CT molecular complexity index is 829. The van der Waals surface area contributed by atoms with Crippen molar-refractivity contribution in [2.24, 2.45) is 0 Å². The average Bonchev–Trinajstić information content (AvgIpc) is 3.18. The van der Waals surface area contributed by atoms with Gasteiger partial charge in [0.1, 0.15) is 11.9 Å². The highest BCUT2D eigenvalue weighted by Crippen LogP contribution is 2.26. The molecule has 1 aromatic heterocycles. The maximum atomic E-state index is 13.1. The lowest BCUT2D eigenvalue weighted by Crippen LogP contribution is -2.42. The predicted molar refractivity (Wildman–Crippen MR) is 114 cm³/mol. The number of ether oxygens (including phenoxy) is 1. The van der Waals surface area contributed by atoms with Crippen molar-refractivity contribution >= 4 is 22.6 Å². The van der Waals surface area contributed by atoms with Gasteiger partial charge in [-0.3, -0.25) is 4.79 Å². The first kappa shape index (κ1) is 20.6. The standard InChI is InChI=1S/C22H32N4O2/c1-16-8-6-9-17-14-18(21(25(4)5)23-20(16)17)15-26(12-11-24(2)3)22(27)19-10-7-13-28-19/h6,8-9,14,19H,7,10-13,15H2,1-5H3. The van der Waals surface area contributed by atoms with Crippen LogP contribution in [0.1, 0.15) is 24.0 Å². The summed E-state index contributed by atoms with van der Waals surface area (Å²) in [4.78, 5) is 24.1. The first-order valence-corrected chi connectivity index (χ1v) is 9.98. The highest BCUT2D eigenvalue weighted by atomic mass is 16.5. The number of carbonyl (C=O) groups is 1. The Hall–Kier alpha value is -2.18. The van der Waals surface area contributed by atoms with Crippen LogP contribution in [0.25, 0.3) is 10.9 Å². The van der Waals surface area contributed by atoms with Crippen molar-refractivity contribution in [3.63, 3.8) is 0 Å². The zero-order chi connectivity index (χ0) is 20.3. The highest BCUT2D eigenvalue weighted by Gasteiger charge is 2.29. The van der Waals surface area contributed by atoms with Gasteiger partial charge in [0, 0.05) is 51.3 Å². The Morgan fingerprint density at radius 3 is 2.64 bits per heavy atom. The second-order valence-corrected chi connectivity index (χ2v) is 8.08.